The number of nitrogens with one attached hydrogen (secondary N) is 2. The Morgan fingerprint density at radius 3 is 2.09 bits per heavy atom. The van der Waals surface area contributed by atoms with Gasteiger partial charge in [0.25, 0.3) is 0 Å². The highest BCUT2D eigenvalue weighted by molar-refractivity contribution is 5.82. The van der Waals surface area contributed by atoms with Crippen LogP contribution in [0.4, 0.5) is 0 Å². The first kappa shape index (κ1) is 26.6. The van der Waals surface area contributed by atoms with Gasteiger partial charge < -0.3 is 20.8 Å². The lowest BCUT2D eigenvalue weighted by atomic mass is 9.96. The van der Waals surface area contributed by atoms with E-state index in [2.05, 4.69) is 22.8 Å². The van der Waals surface area contributed by atoms with Crippen molar-refractivity contribution in [2.45, 2.75) is 70.6 Å². The number of hydrogen-bond donors (Lipinski definition) is 4. The minimum atomic E-state index is -0.962. The number of amides is 1. The zero-order valence-corrected chi connectivity index (χ0v) is 19.7. The van der Waals surface area contributed by atoms with Crippen LogP contribution in [0.1, 0.15) is 50.7 Å². The average Bonchev–Trinajstić information content (AvgIpc) is 2.80. The van der Waals surface area contributed by atoms with Gasteiger partial charge in [-0.1, -0.05) is 74.5 Å². The van der Waals surface area contributed by atoms with E-state index in [9.17, 15) is 14.7 Å². The second kappa shape index (κ2) is 14.4. The molecule has 2 rings (SSSR count). The number of carboxylic acid groups (broad SMARTS) is 1. The van der Waals surface area contributed by atoms with Gasteiger partial charge in [0.1, 0.15) is 0 Å². The highest BCUT2D eigenvalue weighted by Gasteiger charge is 2.27. The summed E-state index contributed by atoms with van der Waals surface area (Å²) in [6.45, 7) is 4.72. The van der Waals surface area contributed by atoms with Gasteiger partial charge in [-0.25, -0.2) is 0 Å². The highest BCUT2D eigenvalue weighted by Crippen LogP contribution is 2.12. The Balaban J connectivity index is 1.92. The van der Waals surface area contributed by atoms with E-state index in [1.54, 1.807) is 0 Å². The van der Waals surface area contributed by atoms with Crippen LogP contribution in [0.2, 0.25) is 0 Å². The molecule has 6 heteroatoms. The van der Waals surface area contributed by atoms with Gasteiger partial charge in [0.15, 0.2) is 0 Å². The van der Waals surface area contributed by atoms with Crippen molar-refractivity contribution in [2.75, 3.05) is 6.54 Å². The van der Waals surface area contributed by atoms with Gasteiger partial charge in [0, 0.05) is 6.42 Å². The van der Waals surface area contributed by atoms with Crippen LogP contribution < -0.4 is 10.6 Å². The number of carbonyl (C=O) groups is 2. The molecule has 1 unspecified atom stereocenters. The molecular weight excluding hydrogens is 416 g/mol. The van der Waals surface area contributed by atoms with Crippen LogP contribution >= 0.6 is 0 Å². The van der Waals surface area contributed by atoms with E-state index < -0.39 is 18.1 Å². The van der Waals surface area contributed by atoms with E-state index >= 15 is 0 Å². The normalized spacial score (nSPS) is 13.9. The van der Waals surface area contributed by atoms with E-state index in [4.69, 9.17) is 5.11 Å². The lowest BCUT2D eigenvalue weighted by molar-refractivity contribution is -0.137. The fraction of sp³-hybridized carbons (Fsp3) is 0.481. The summed E-state index contributed by atoms with van der Waals surface area (Å²) in [5.74, 6) is -1.05. The van der Waals surface area contributed by atoms with Crippen LogP contribution in [0.3, 0.4) is 0 Å². The molecule has 180 valence electrons. The van der Waals surface area contributed by atoms with E-state index in [1.807, 2.05) is 62.4 Å². The molecule has 0 aromatic heterocycles. The fourth-order valence-electron chi connectivity index (χ4n) is 3.88. The number of unbranched alkanes of at least 4 members (excludes halogenated alkanes) is 1. The van der Waals surface area contributed by atoms with Gasteiger partial charge in [-0.2, -0.15) is 0 Å². The summed E-state index contributed by atoms with van der Waals surface area (Å²) in [6, 6.07) is 19.0. The molecular formula is C27H38N2O4. The predicted molar refractivity (Wildman–Crippen MR) is 131 cm³/mol. The van der Waals surface area contributed by atoms with Crippen molar-refractivity contribution in [1.82, 2.24) is 10.6 Å². The summed E-state index contributed by atoms with van der Waals surface area (Å²) in [4.78, 5) is 24.1. The Morgan fingerprint density at radius 1 is 0.909 bits per heavy atom. The molecule has 0 aliphatic rings. The molecule has 1 amide bonds. The number of hydrogen-bond acceptors (Lipinski definition) is 4. The van der Waals surface area contributed by atoms with Crippen molar-refractivity contribution < 1.29 is 19.8 Å². The monoisotopic (exact) mass is 454 g/mol. The van der Waals surface area contributed by atoms with Crippen molar-refractivity contribution in [1.29, 1.82) is 0 Å². The summed E-state index contributed by atoms with van der Waals surface area (Å²) < 4.78 is 0. The maximum atomic E-state index is 13.1. The smallest absolute Gasteiger partial charge is 0.303 e. The first-order valence-electron chi connectivity index (χ1n) is 11.9. The summed E-state index contributed by atoms with van der Waals surface area (Å²) >= 11 is 0. The standard InChI is InChI=1S/C27H38N2O4/c1-20(2)26(28-18-10-9-13-21-11-5-3-6-12-21)27(33)29-23(24(30)16-17-25(31)32)19-22-14-7-4-8-15-22/h3-8,11-12,14-15,20,23-24,26,28,30H,9-10,13,16-19H2,1-2H3,(H,29,33)(H,31,32)/t23-,24-,26?/m0/s1. The van der Waals surface area contributed by atoms with Gasteiger partial charge in [-0.05, 0) is 55.7 Å². The van der Waals surface area contributed by atoms with Gasteiger partial charge in [-0.3, -0.25) is 9.59 Å². The molecule has 0 heterocycles. The summed E-state index contributed by atoms with van der Waals surface area (Å²) in [5.41, 5.74) is 2.29. The quantitative estimate of drug-likeness (QED) is 0.308. The maximum Gasteiger partial charge on any atom is 0.303 e. The first-order valence-corrected chi connectivity index (χ1v) is 11.9. The topological polar surface area (TPSA) is 98.7 Å². The molecule has 0 fully saturated rings. The summed E-state index contributed by atoms with van der Waals surface area (Å²) in [7, 11) is 0. The second-order valence-corrected chi connectivity index (χ2v) is 8.92. The van der Waals surface area contributed by atoms with E-state index in [1.165, 1.54) is 5.56 Å². The SMILES string of the molecule is CC(C)C(NCCCCc1ccccc1)C(=O)N[C@@H](Cc1ccccc1)[C@@H](O)CCC(=O)O. The Bertz CT molecular complexity index is 827. The Labute approximate surface area is 197 Å². The summed E-state index contributed by atoms with van der Waals surface area (Å²) in [6.07, 6.45) is 2.45. The van der Waals surface area contributed by atoms with Crippen molar-refractivity contribution in [3.8, 4) is 0 Å². The third-order valence-electron chi connectivity index (χ3n) is 5.79. The molecule has 0 bridgehead atoms. The number of aryl methyl sites for hydroxylation is 1. The number of aliphatic carboxylic acids is 1. The summed E-state index contributed by atoms with van der Waals surface area (Å²) in [5, 5.41) is 26.0. The number of rotatable bonds is 15. The molecule has 0 aliphatic heterocycles. The third kappa shape index (κ3) is 10.2. The minimum Gasteiger partial charge on any atom is -0.481 e. The Morgan fingerprint density at radius 2 is 1.52 bits per heavy atom. The number of aliphatic hydroxyl groups is 1. The molecule has 0 spiro atoms. The average molecular weight is 455 g/mol. The van der Waals surface area contributed by atoms with E-state index in [0.717, 1.165) is 31.4 Å². The van der Waals surface area contributed by atoms with Crippen LogP contribution in [0, 0.1) is 5.92 Å². The first-order chi connectivity index (χ1) is 15.9. The Kier molecular flexibility index (Phi) is 11.6. The lowest BCUT2D eigenvalue weighted by Gasteiger charge is -2.28. The molecule has 0 aliphatic carbocycles. The van der Waals surface area contributed by atoms with Gasteiger partial charge in [-0.15, -0.1) is 0 Å². The van der Waals surface area contributed by atoms with Crippen LogP contribution in [0.5, 0.6) is 0 Å². The molecule has 2 aromatic rings. The van der Waals surface area contributed by atoms with Crippen LogP contribution in [-0.2, 0) is 22.4 Å². The van der Waals surface area contributed by atoms with Gasteiger partial charge >= 0.3 is 5.97 Å². The zero-order chi connectivity index (χ0) is 24.1. The van der Waals surface area contributed by atoms with E-state index in [0.29, 0.717) is 6.42 Å². The number of benzene rings is 2. The second-order valence-electron chi connectivity index (χ2n) is 8.92. The molecule has 6 nitrogen and oxygen atoms in total. The largest absolute Gasteiger partial charge is 0.481 e. The molecule has 0 saturated carbocycles. The molecule has 0 saturated heterocycles. The number of aliphatic hydroxyl groups excluding tert-OH is 1. The molecule has 2 aromatic carbocycles. The number of carbonyl (C=O) groups excluding carboxylic acids is 1. The zero-order valence-electron chi connectivity index (χ0n) is 19.7. The molecule has 0 radical (unpaired) electrons. The molecule has 4 N–H and O–H groups in total. The van der Waals surface area contributed by atoms with Crippen molar-refractivity contribution in [3.63, 3.8) is 0 Å². The van der Waals surface area contributed by atoms with Gasteiger partial charge in [0.2, 0.25) is 5.91 Å². The lowest BCUT2D eigenvalue weighted by Crippen LogP contribution is -2.54. The predicted octanol–water partition coefficient (Wildman–Crippen LogP) is 3.58. The molecule has 33 heavy (non-hydrogen) atoms. The third-order valence-corrected chi connectivity index (χ3v) is 5.79. The van der Waals surface area contributed by atoms with Crippen molar-refractivity contribution in [2.24, 2.45) is 5.92 Å². The Hall–Kier alpha value is -2.70. The maximum absolute atomic E-state index is 13.1. The van der Waals surface area contributed by atoms with Crippen LogP contribution in [-0.4, -0.2) is 46.8 Å². The highest BCUT2D eigenvalue weighted by atomic mass is 16.4. The molecule has 3 atom stereocenters. The number of carboxylic acids is 1. The van der Waals surface area contributed by atoms with Crippen LogP contribution in [0.15, 0.2) is 60.7 Å². The van der Waals surface area contributed by atoms with Crippen molar-refractivity contribution in [3.05, 3.63) is 71.8 Å². The van der Waals surface area contributed by atoms with E-state index in [-0.39, 0.29) is 30.7 Å². The van der Waals surface area contributed by atoms with Crippen LogP contribution in [0.25, 0.3) is 0 Å². The minimum absolute atomic E-state index is 0.0765. The fourth-order valence-corrected chi connectivity index (χ4v) is 3.88. The van der Waals surface area contributed by atoms with Gasteiger partial charge in [0.05, 0.1) is 18.2 Å². The van der Waals surface area contributed by atoms with Crippen molar-refractivity contribution >= 4 is 11.9 Å².